The van der Waals surface area contributed by atoms with Gasteiger partial charge in [-0.2, -0.15) is 5.10 Å². The number of fused-ring (bicyclic) bond motifs is 3. The Hall–Kier alpha value is -2.60. The van der Waals surface area contributed by atoms with Crippen molar-refractivity contribution in [1.29, 1.82) is 0 Å². The van der Waals surface area contributed by atoms with Crippen LogP contribution in [0.15, 0.2) is 36.5 Å². The van der Waals surface area contributed by atoms with Gasteiger partial charge < -0.3 is 14.7 Å². The van der Waals surface area contributed by atoms with Crippen molar-refractivity contribution >= 4 is 16.7 Å². The summed E-state index contributed by atoms with van der Waals surface area (Å²) in [5.74, 6) is 1.20. The highest BCUT2D eigenvalue weighted by atomic mass is 16.5. The van der Waals surface area contributed by atoms with Crippen molar-refractivity contribution in [2.45, 2.75) is 25.0 Å². The van der Waals surface area contributed by atoms with Crippen molar-refractivity contribution in [3.05, 3.63) is 36.5 Å². The molecule has 2 aliphatic rings. The molecule has 0 amide bonds. The average molecular weight is 322 g/mol. The Kier molecular flexibility index (Phi) is 2.99. The largest absolute Gasteiger partial charge is 0.508 e. The first-order valence-electron chi connectivity index (χ1n) is 8.30. The molecule has 2 saturated heterocycles. The zero-order valence-corrected chi connectivity index (χ0v) is 13.1. The van der Waals surface area contributed by atoms with E-state index in [1.165, 1.54) is 0 Å². The topological polar surface area (TPSA) is 74.3 Å². The zero-order valence-electron chi connectivity index (χ0n) is 13.1. The second-order valence-corrected chi connectivity index (χ2v) is 6.57. The third-order valence-electron chi connectivity index (χ3n) is 4.93. The van der Waals surface area contributed by atoms with Gasteiger partial charge in [0.2, 0.25) is 0 Å². The average Bonchev–Trinajstić information content (AvgIpc) is 3.17. The quantitative estimate of drug-likeness (QED) is 0.759. The van der Waals surface area contributed by atoms with Gasteiger partial charge >= 0.3 is 0 Å². The Morgan fingerprint density at radius 3 is 2.79 bits per heavy atom. The minimum absolute atomic E-state index is 0.240. The number of aromatic amines is 1. The molecule has 5 rings (SSSR count). The number of nitrogens with zero attached hydrogens (tertiary/aromatic N) is 3. The Morgan fingerprint density at radius 1 is 1.12 bits per heavy atom. The lowest BCUT2D eigenvalue weighted by atomic mass is 10.1. The van der Waals surface area contributed by atoms with E-state index in [2.05, 4.69) is 26.1 Å². The fourth-order valence-electron chi connectivity index (χ4n) is 3.76. The minimum Gasteiger partial charge on any atom is -0.508 e. The van der Waals surface area contributed by atoms with Gasteiger partial charge in [0.05, 0.1) is 17.7 Å². The monoisotopic (exact) mass is 322 g/mol. The molecule has 2 bridgehead atoms. The number of hydrogen-bond donors (Lipinski definition) is 2. The van der Waals surface area contributed by atoms with E-state index in [-0.39, 0.29) is 5.75 Å². The summed E-state index contributed by atoms with van der Waals surface area (Å²) in [5, 5.41) is 18.1. The summed E-state index contributed by atoms with van der Waals surface area (Å²) >= 11 is 0. The van der Waals surface area contributed by atoms with Gasteiger partial charge in [0, 0.05) is 30.2 Å². The van der Waals surface area contributed by atoms with Crippen LogP contribution in [-0.2, 0) is 4.74 Å². The van der Waals surface area contributed by atoms with Crippen LogP contribution in [0.2, 0.25) is 0 Å². The lowest BCUT2D eigenvalue weighted by Crippen LogP contribution is -2.43. The van der Waals surface area contributed by atoms with E-state index in [9.17, 15) is 5.11 Å². The molecule has 2 fully saturated rings. The predicted molar refractivity (Wildman–Crippen MR) is 91.1 cm³/mol. The highest BCUT2D eigenvalue weighted by molar-refractivity contribution is 5.94. The number of phenolic OH excluding ortho intramolecular Hbond substituents is 1. The number of rotatable bonds is 2. The molecule has 0 saturated carbocycles. The number of pyridine rings is 1. The number of H-pyrrole nitrogens is 1. The first-order valence-corrected chi connectivity index (χ1v) is 8.30. The molecule has 2 atom stereocenters. The Labute approximate surface area is 139 Å². The van der Waals surface area contributed by atoms with Crippen LogP contribution in [0.5, 0.6) is 5.75 Å². The summed E-state index contributed by atoms with van der Waals surface area (Å²) in [6, 6.07) is 9.26. The molecule has 2 aliphatic heterocycles. The molecule has 122 valence electrons. The maximum atomic E-state index is 9.77. The molecule has 2 unspecified atom stereocenters. The fraction of sp³-hybridized carbons (Fsp3) is 0.333. The normalized spacial score (nSPS) is 23.1. The van der Waals surface area contributed by atoms with Crippen LogP contribution >= 0.6 is 0 Å². The number of nitrogens with one attached hydrogen (secondary N) is 1. The van der Waals surface area contributed by atoms with Gasteiger partial charge in [0.25, 0.3) is 0 Å². The van der Waals surface area contributed by atoms with E-state index in [0.29, 0.717) is 12.2 Å². The summed E-state index contributed by atoms with van der Waals surface area (Å²) in [6.45, 7) is 1.80. The first-order chi connectivity index (χ1) is 11.8. The van der Waals surface area contributed by atoms with Crippen LogP contribution in [-0.4, -0.2) is 45.6 Å². The molecular weight excluding hydrogens is 304 g/mol. The molecule has 2 aromatic heterocycles. The van der Waals surface area contributed by atoms with E-state index in [0.717, 1.165) is 53.9 Å². The lowest BCUT2D eigenvalue weighted by molar-refractivity contribution is 0.0302. The third kappa shape index (κ3) is 2.22. The summed E-state index contributed by atoms with van der Waals surface area (Å²) in [7, 11) is 0. The van der Waals surface area contributed by atoms with Crippen molar-refractivity contribution in [2.75, 3.05) is 18.0 Å². The van der Waals surface area contributed by atoms with Crippen molar-refractivity contribution in [3.8, 4) is 17.0 Å². The molecule has 3 aromatic rings. The molecule has 4 heterocycles. The van der Waals surface area contributed by atoms with Gasteiger partial charge in [0.15, 0.2) is 0 Å². The number of ether oxygens (including phenoxy) is 1. The highest BCUT2D eigenvalue weighted by Crippen LogP contribution is 2.32. The third-order valence-corrected chi connectivity index (χ3v) is 4.93. The van der Waals surface area contributed by atoms with Gasteiger partial charge in [-0.15, -0.1) is 0 Å². The molecule has 0 spiro atoms. The van der Waals surface area contributed by atoms with Crippen LogP contribution in [0.25, 0.3) is 22.2 Å². The standard InChI is InChI=1S/C18H18N4O2/c23-12-1-4-16-15(8-12)18(21-20-16)11-5-6-19-17(7-11)22-9-13-2-3-14(10-22)24-13/h1,4-8,13-14,23H,2-3,9-10H2,(H,20,21). The van der Waals surface area contributed by atoms with Crippen molar-refractivity contribution < 1.29 is 9.84 Å². The van der Waals surface area contributed by atoms with E-state index >= 15 is 0 Å². The maximum Gasteiger partial charge on any atom is 0.129 e. The van der Waals surface area contributed by atoms with Crippen molar-refractivity contribution in [2.24, 2.45) is 0 Å². The van der Waals surface area contributed by atoms with Crippen LogP contribution in [0.1, 0.15) is 12.8 Å². The molecule has 2 N–H and O–H groups in total. The van der Waals surface area contributed by atoms with Crippen molar-refractivity contribution in [3.63, 3.8) is 0 Å². The SMILES string of the molecule is Oc1ccc2[nH]nc(-c3ccnc(N4CC5CCC(C4)O5)c3)c2c1. The number of phenols is 1. The molecule has 1 aromatic carbocycles. The first kappa shape index (κ1) is 13.8. The summed E-state index contributed by atoms with van der Waals surface area (Å²) in [6.07, 6.45) is 4.77. The van der Waals surface area contributed by atoms with Crippen LogP contribution in [0.3, 0.4) is 0 Å². The minimum atomic E-state index is 0.240. The number of morpholine rings is 1. The zero-order chi connectivity index (χ0) is 16.1. The van der Waals surface area contributed by atoms with E-state index < -0.39 is 0 Å². The Morgan fingerprint density at radius 2 is 1.96 bits per heavy atom. The molecule has 0 aliphatic carbocycles. The summed E-state index contributed by atoms with van der Waals surface area (Å²) in [5.41, 5.74) is 2.74. The van der Waals surface area contributed by atoms with Gasteiger partial charge in [0.1, 0.15) is 17.3 Å². The molecule has 24 heavy (non-hydrogen) atoms. The van der Waals surface area contributed by atoms with E-state index in [1.54, 1.807) is 12.1 Å². The number of aromatic hydroxyl groups is 1. The van der Waals surface area contributed by atoms with E-state index in [4.69, 9.17) is 4.74 Å². The lowest BCUT2D eigenvalue weighted by Gasteiger charge is -2.33. The number of anilines is 1. The molecular formula is C18H18N4O2. The van der Waals surface area contributed by atoms with Gasteiger partial charge in [-0.1, -0.05) is 0 Å². The van der Waals surface area contributed by atoms with Crippen LogP contribution in [0.4, 0.5) is 5.82 Å². The highest BCUT2D eigenvalue weighted by Gasteiger charge is 2.34. The van der Waals surface area contributed by atoms with Crippen LogP contribution in [0, 0.1) is 0 Å². The molecule has 6 nitrogen and oxygen atoms in total. The van der Waals surface area contributed by atoms with Gasteiger partial charge in [-0.05, 0) is 43.2 Å². The summed E-state index contributed by atoms with van der Waals surface area (Å²) < 4.78 is 5.91. The molecule has 0 radical (unpaired) electrons. The second-order valence-electron chi connectivity index (χ2n) is 6.57. The Balaban J connectivity index is 1.53. The van der Waals surface area contributed by atoms with Gasteiger partial charge in [-0.3, -0.25) is 5.10 Å². The van der Waals surface area contributed by atoms with Gasteiger partial charge in [-0.25, -0.2) is 4.98 Å². The maximum absolute atomic E-state index is 9.77. The molecule has 6 heteroatoms. The van der Waals surface area contributed by atoms with E-state index in [1.807, 2.05) is 18.3 Å². The smallest absolute Gasteiger partial charge is 0.129 e. The second kappa shape index (κ2) is 5.21. The van der Waals surface area contributed by atoms with Crippen LogP contribution < -0.4 is 4.90 Å². The Bertz CT molecular complexity index is 895. The fourth-order valence-corrected chi connectivity index (χ4v) is 3.76. The summed E-state index contributed by atoms with van der Waals surface area (Å²) in [4.78, 5) is 6.86. The number of benzene rings is 1. The number of aromatic nitrogens is 3. The number of hydrogen-bond acceptors (Lipinski definition) is 5. The van der Waals surface area contributed by atoms with Crippen molar-refractivity contribution in [1.82, 2.24) is 15.2 Å². The predicted octanol–water partition coefficient (Wildman–Crippen LogP) is 2.70.